The zero-order valence-electron chi connectivity index (χ0n) is 14.7. The van der Waals surface area contributed by atoms with Crippen LogP contribution in [0.25, 0.3) is 22.2 Å². The van der Waals surface area contributed by atoms with Gasteiger partial charge in [0.1, 0.15) is 0 Å². The largest absolute Gasteiger partial charge is 0.353 e. The number of fused-ring (bicyclic) bond motifs is 1. The predicted molar refractivity (Wildman–Crippen MR) is 115 cm³/mol. The van der Waals surface area contributed by atoms with Crippen LogP contribution in [0.1, 0.15) is 5.56 Å². The minimum atomic E-state index is -0.282. The highest BCUT2D eigenvalue weighted by Crippen LogP contribution is 2.35. The van der Waals surface area contributed by atoms with Crippen LogP contribution in [-0.2, 0) is 0 Å². The van der Waals surface area contributed by atoms with E-state index in [0.29, 0.717) is 0 Å². The van der Waals surface area contributed by atoms with E-state index in [1.54, 1.807) is 0 Å². The van der Waals surface area contributed by atoms with E-state index in [-0.39, 0.29) is 6.03 Å². The van der Waals surface area contributed by atoms with Gasteiger partial charge in [-0.3, -0.25) is 0 Å². The van der Waals surface area contributed by atoms with Crippen LogP contribution in [0.5, 0.6) is 0 Å². The van der Waals surface area contributed by atoms with Crippen molar-refractivity contribution in [2.24, 2.45) is 0 Å². The number of nitrogens with one attached hydrogen (secondary N) is 3. The van der Waals surface area contributed by atoms with Crippen LogP contribution >= 0.6 is 15.9 Å². The maximum Gasteiger partial charge on any atom is 0.323 e. The van der Waals surface area contributed by atoms with E-state index in [4.69, 9.17) is 0 Å². The van der Waals surface area contributed by atoms with Crippen molar-refractivity contribution in [3.05, 3.63) is 82.8 Å². The van der Waals surface area contributed by atoms with Gasteiger partial charge < -0.3 is 15.6 Å². The summed E-state index contributed by atoms with van der Waals surface area (Å²) in [5, 5.41) is 6.86. The minimum Gasteiger partial charge on any atom is -0.353 e. The number of para-hydroxylation sites is 1. The van der Waals surface area contributed by atoms with E-state index < -0.39 is 0 Å². The Morgan fingerprint density at radius 2 is 1.59 bits per heavy atom. The predicted octanol–water partition coefficient (Wildman–Crippen LogP) is 6.55. The summed E-state index contributed by atoms with van der Waals surface area (Å²) in [4.78, 5) is 16.0. The zero-order valence-corrected chi connectivity index (χ0v) is 16.3. The number of aromatic nitrogens is 1. The Balaban J connectivity index is 1.69. The molecule has 134 valence electrons. The Bertz CT molecular complexity index is 1100. The fraction of sp³-hybridized carbons (Fsp3) is 0.0455. The minimum absolute atomic E-state index is 0.282. The van der Waals surface area contributed by atoms with Crippen LogP contribution in [0.4, 0.5) is 16.2 Å². The van der Waals surface area contributed by atoms with Gasteiger partial charge in [-0.1, -0.05) is 64.0 Å². The summed E-state index contributed by atoms with van der Waals surface area (Å²) in [5.41, 5.74) is 5.58. The van der Waals surface area contributed by atoms with Gasteiger partial charge in [-0.25, -0.2) is 4.79 Å². The normalized spacial score (nSPS) is 10.7. The molecular formula is C22H18BrN3O. The van der Waals surface area contributed by atoms with Crippen molar-refractivity contribution in [2.45, 2.75) is 6.92 Å². The van der Waals surface area contributed by atoms with Crippen LogP contribution in [0, 0.1) is 6.92 Å². The number of hydrogen-bond donors (Lipinski definition) is 3. The fourth-order valence-corrected chi connectivity index (χ4v) is 3.28. The first-order valence-corrected chi connectivity index (χ1v) is 9.41. The molecule has 4 nitrogen and oxygen atoms in total. The molecule has 0 unspecified atom stereocenters. The summed E-state index contributed by atoms with van der Waals surface area (Å²) in [7, 11) is 0. The second-order valence-corrected chi connectivity index (χ2v) is 7.29. The van der Waals surface area contributed by atoms with Crippen LogP contribution < -0.4 is 10.6 Å². The third-order valence-corrected chi connectivity index (χ3v) is 4.92. The van der Waals surface area contributed by atoms with E-state index in [0.717, 1.165) is 38.0 Å². The van der Waals surface area contributed by atoms with Crippen molar-refractivity contribution in [1.29, 1.82) is 0 Å². The highest BCUT2D eigenvalue weighted by molar-refractivity contribution is 9.10. The third kappa shape index (κ3) is 3.73. The maximum absolute atomic E-state index is 12.6. The Morgan fingerprint density at radius 1 is 0.889 bits per heavy atom. The summed E-state index contributed by atoms with van der Waals surface area (Å²) < 4.78 is 0.965. The quantitative estimate of drug-likeness (QED) is 0.346. The molecule has 0 bridgehead atoms. The van der Waals surface area contributed by atoms with Crippen LogP contribution in [0.15, 0.2) is 77.3 Å². The number of carbonyl (C=O) groups excluding carboxylic acids is 1. The number of benzene rings is 3. The number of rotatable bonds is 3. The summed E-state index contributed by atoms with van der Waals surface area (Å²) in [6.45, 7) is 2.06. The lowest BCUT2D eigenvalue weighted by molar-refractivity contribution is 0.262. The Labute approximate surface area is 165 Å². The second-order valence-electron chi connectivity index (χ2n) is 6.37. The molecule has 0 aliphatic carbocycles. The number of aryl methyl sites for hydroxylation is 1. The average molecular weight is 420 g/mol. The van der Waals surface area contributed by atoms with Gasteiger partial charge in [0.05, 0.1) is 11.4 Å². The molecule has 3 N–H and O–H groups in total. The fourth-order valence-electron chi connectivity index (χ4n) is 3.02. The number of anilines is 2. The van der Waals surface area contributed by atoms with Crippen LogP contribution in [-0.4, -0.2) is 11.0 Å². The van der Waals surface area contributed by atoms with Crippen molar-refractivity contribution in [3.63, 3.8) is 0 Å². The highest BCUT2D eigenvalue weighted by atomic mass is 79.9. The first-order chi connectivity index (χ1) is 13.1. The van der Waals surface area contributed by atoms with Gasteiger partial charge in [0.2, 0.25) is 0 Å². The summed E-state index contributed by atoms with van der Waals surface area (Å²) >= 11 is 3.40. The molecule has 0 saturated carbocycles. The molecule has 2 amide bonds. The molecule has 0 fully saturated rings. The summed E-state index contributed by atoms with van der Waals surface area (Å²) in [6, 6.07) is 23.4. The highest BCUT2D eigenvalue weighted by Gasteiger charge is 2.15. The van der Waals surface area contributed by atoms with E-state index in [2.05, 4.69) is 62.7 Å². The zero-order chi connectivity index (χ0) is 18.8. The maximum atomic E-state index is 12.6. The number of urea groups is 1. The number of hydrogen-bond acceptors (Lipinski definition) is 1. The standard InChI is InChI=1S/C22H18BrN3O/c1-14-6-8-15(9-7-14)20-21(18-4-2-3-5-19(18)25-20)26-22(27)24-17-12-10-16(23)11-13-17/h2-13,25H,1H3,(H2,24,26,27). The Hall–Kier alpha value is -3.05. The van der Waals surface area contributed by atoms with E-state index in [1.165, 1.54) is 5.56 Å². The molecule has 0 radical (unpaired) electrons. The Kier molecular flexibility index (Phi) is 4.69. The summed E-state index contributed by atoms with van der Waals surface area (Å²) in [5.74, 6) is 0. The van der Waals surface area contributed by atoms with Gasteiger partial charge in [-0.2, -0.15) is 0 Å². The van der Waals surface area contributed by atoms with Gasteiger partial charge in [0, 0.05) is 26.6 Å². The van der Waals surface area contributed by atoms with Crippen molar-refractivity contribution in [3.8, 4) is 11.3 Å². The number of carbonyl (C=O) groups is 1. The molecule has 0 aliphatic rings. The molecule has 27 heavy (non-hydrogen) atoms. The molecule has 0 saturated heterocycles. The van der Waals surface area contributed by atoms with Crippen molar-refractivity contribution in [1.82, 2.24) is 4.98 Å². The SMILES string of the molecule is Cc1ccc(-c2[nH]c3ccccc3c2NC(=O)Nc2ccc(Br)cc2)cc1. The molecular weight excluding hydrogens is 402 g/mol. The van der Waals surface area contributed by atoms with Crippen LogP contribution in [0.2, 0.25) is 0 Å². The molecule has 3 aromatic carbocycles. The van der Waals surface area contributed by atoms with Gasteiger partial charge in [0.15, 0.2) is 0 Å². The first kappa shape index (κ1) is 17.4. The lowest BCUT2D eigenvalue weighted by Gasteiger charge is -2.10. The molecule has 1 heterocycles. The number of aromatic amines is 1. The topological polar surface area (TPSA) is 56.9 Å². The van der Waals surface area contributed by atoms with E-state index >= 15 is 0 Å². The van der Waals surface area contributed by atoms with Gasteiger partial charge >= 0.3 is 6.03 Å². The summed E-state index contributed by atoms with van der Waals surface area (Å²) in [6.07, 6.45) is 0. The molecule has 0 spiro atoms. The van der Waals surface area contributed by atoms with E-state index in [9.17, 15) is 4.79 Å². The van der Waals surface area contributed by atoms with Gasteiger partial charge in [-0.05, 0) is 37.3 Å². The second kappa shape index (κ2) is 7.29. The molecule has 0 atom stereocenters. The van der Waals surface area contributed by atoms with E-state index in [1.807, 2.05) is 48.5 Å². The molecule has 4 rings (SSSR count). The molecule has 0 aliphatic heterocycles. The lowest BCUT2D eigenvalue weighted by atomic mass is 10.1. The van der Waals surface area contributed by atoms with Gasteiger partial charge in [-0.15, -0.1) is 0 Å². The van der Waals surface area contributed by atoms with Crippen LogP contribution in [0.3, 0.4) is 0 Å². The molecule has 5 heteroatoms. The first-order valence-electron chi connectivity index (χ1n) is 8.61. The van der Waals surface area contributed by atoms with Gasteiger partial charge in [0.25, 0.3) is 0 Å². The molecule has 4 aromatic rings. The number of amides is 2. The number of halogens is 1. The molecule has 1 aromatic heterocycles. The average Bonchev–Trinajstić information content (AvgIpc) is 3.03. The van der Waals surface area contributed by atoms with Crippen molar-refractivity contribution < 1.29 is 4.79 Å². The van der Waals surface area contributed by atoms with Crippen molar-refractivity contribution in [2.75, 3.05) is 10.6 Å². The number of H-pyrrole nitrogens is 1. The monoisotopic (exact) mass is 419 g/mol. The lowest BCUT2D eigenvalue weighted by Crippen LogP contribution is -2.19. The smallest absolute Gasteiger partial charge is 0.323 e. The Morgan fingerprint density at radius 3 is 2.33 bits per heavy atom. The third-order valence-electron chi connectivity index (χ3n) is 4.39. The van der Waals surface area contributed by atoms with Crippen molar-refractivity contribution >= 4 is 44.2 Å².